The molecule has 4 heteroatoms. The van der Waals surface area contributed by atoms with Gasteiger partial charge in [0.05, 0.1) is 0 Å². The van der Waals surface area contributed by atoms with Crippen molar-refractivity contribution in [1.82, 2.24) is 0 Å². The zero-order chi connectivity index (χ0) is 17.5. The van der Waals surface area contributed by atoms with Gasteiger partial charge in [0.25, 0.3) is 0 Å². The van der Waals surface area contributed by atoms with Gasteiger partial charge in [-0.25, -0.2) is 0 Å². The molecule has 0 aliphatic rings. The molecule has 132 valence electrons. The van der Waals surface area contributed by atoms with Crippen molar-refractivity contribution in [3.63, 3.8) is 0 Å². The van der Waals surface area contributed by atoms with Gasteiger partial charge in [-0.2, -0.15) is 0 Å². The molecular formula is C20H29O3P. The molecular weight excluding hydrogens is 319 g/mol. The van der Waals surface area contributed by atoms with E-state index in [2.05, 4.69) is 6.92 Å². The van der Waals surface area contributed by atoms with E-state index < -0.39 is 7.28 Å². The minimum atomic E-state index is -4.62. The monoisotopic (exact) mass is 348 g/mol. The molecule has 2 aromatic rings. The van der Waals surface area contributed by atoms with Gasteiger partial charge in [-0.3, -0.25) is 0 Å². The van der Waals surface area contributed by atoms with Crippen LogP contribution in [0.3, 0.4) is 0 Å². The maximum absolute atomic E-state index is 11.6. The topological polar surface area (TPSA) is 49.7 Å². The van der Waals surface area contributed by atoms with Crippen LogP contribution in [0.1, 0.15) is 45.1 Å². The van der Waals surface area contributed by atoms with Crippen LogP contribution in [-0.4, -0.2) is 16.4 Å². The van der Waals surface area contributed by atoms with E-state index in [-0.39, 0.29) is 0 Å². The fraction of sp³-hybridized carbons (Fsp3) is 0.400. The second kappa shape index (κ2) is 8.22. The molecule has 0 fully saturated rings. The fourth-order valence-electron chi connectivity index (χ4n) is 2.95. The standard InChI is InChI=1S/C20H29O3P/c1-3-5-6-12-17-23-24(21,22,19-14-8-7-9-15-19)20-16-11-10-13-18(20)4-2/h7-11,13-16,21-22H,3-6,12,17H2,1-2H3. The van der Waals surface area contributed by atoms with Gasteiger partial charge in [-0.1, -0.05) is 0 Å². The molecule has 2 N–H and O–H groups in total. The second-order valence-electron chi connectivity index (χ2n) is 6.16. The van der Waals surface area contributed by atoms with Crippen LogP contribution in [-0.2, 0) is 10.9 Å². The molecule has 0 heterocycles. The number of hydrogen-bond acceptors (Lipinski definition) is 3. The molecule has 0 radical (unpaired) electrons. The SMILES string of the molecule is CCCCCCOP(O)(O)(c1ccccc1)c1ccccc1CC. The van der Waals surface area contributed by atoms with Crippen LogP contribution >= 0.6 is 7.28 Å². The van der Waals surface area contributed by atoms with E-state index in [1.165, 1.54) is 0 Å². The molecule has 24 heavy (non-hydrogen) atoms. The molecule has 0 amide bonds. The summed E-state index contributed by atoms with van der Waals surface area (Å²) in [6.45, 7) is 4.51. The molecule has 2 rings (SSSR count). The summed E-state index contributed by atoms with van der Waals surface area (Å²) in [7, 11) is -4.62. The van der Waals surface area contributed by atoms with E-state index in [0.29, 0.717) is 17.2 Å². The third-order valence-electron chi connectivity index (χ3n) is 4.36. The number of hydrogen-bond donors (Lipinski definition) is 2. The Morgan fingerprint density at radius 1 is 0.833 bits per heavy atom. The van der Waals surface area contributed by atoms with Gasteiger partial charge in [0.1, 0.15) is 0 Å². The van der Waals surface area contributed by atoms with E-state index >= 15 is 0 Å². The molecule has 0 spiro atoms. The molecule has 0 aliphatic heterocycles. The van der Waals surface area contributed by atoms with E-state index in [4.69, 9.17) is 4.52 Å². The predicted octanol–water partition coefficient (Wildman–Crippen LogP) is 4.08. The van der Waals surface area contributed by atoms with Crippen molar-refractivity contribution in [2.75, 3.05) is 6.61 Å². The van der Waals surface area contributed by atoms with Crippen molar-refractivity contribution in [1.29, 1.82) is 0 Å². The Hall–Kier alpha value is -1.25. The van der Waals surface area contributed by atoms with Crippen molar-refractivity contribution in [3.05, 3.63) is 60.2 Å². The Labute approximate surface area is 145 Å². The molecule has 3 nitrogen and oxygen atoms in total. The molecule has 0 atom stereocenters. The molecule has 0 unspecified atom stereocenters. The van der Waals surface area contributed by atoms with Gasteiger partial charge < -0.3 is 0 Å². The number of aryl methyl sites for hydroxylation is 1. The predicted molar refractivity (Wildman–Crippen MR) is 103 cm³/mol. The van der Waals surface area contributed by atoms with E-state index in [1.54, 1.807) is 18.2 Å². The molecule has 0 aliphatic carbocycles. The first-order valence-electron chi connectivity index (χ1n) is 8.82. The molecule has 0 saturated heterocycles. The van der Waals surface area contributed by atoms with Crippen LogP contribution in [0.4, 0.5) is 0 Å². The summed E-state index contributed by atoms with van der Waals surface area (Å²) in [6.07, 6.45) is 4.86. The molecule has 2 aromatic carbocycles. The minimum absolute atomic E-state index is 0.345. The van der Waals surface area contributed by atoms with Gasteiger partial charge in [0, 0.05) is 0 Å². The summed E-state index contributed by atoms with van der Waals surface area (Å²) in [5.74, 6) is 0. The zero-order valence-electron chi connectivity index (χ0n) is 14.7. The average Bonchev–Trinajstić information content (AvgIpc) is 2.62. The first-order chi connectivity index (χ1) is 11.5. The summed E-state index contributed by atoms with van der Waals surface area (Å²) in [5.41, 5.74) is 0.914. The van der Waals surface area contributed by atoms with Crippen LogP contribution in [0.2, 0.25) is 0 Å². The van der Waals surface area contributed by atoms with Crippen molar-refractivity contribution in [2.45, 2.75) is 46.0 Å². The number of rotatable bonds is 9. The summed E-state index contributed by atoms with van der Waals surface area (Å²) < 4.78 is 5.92. The second-order valence-corrected chi connectivity index (χ2v) is 9.31. The Morgan fingerprint density at radius 3 is 2.17 bits per heavy atom. The molecule has 0 aromatic heterocycles. The van der Waals surface area contributed by atoms with Crippen LogP contribution in [0.25, 0.3) is 0 Å². The maximum atomic E-state index is 11.6. The van der Waals surface area contributed by atoms with Crippen molar-refractivity contribution in [3.8, 4) is 0 Å². The van der Waals surface area contributed by atoms with Crippen LogP contribution in [0, 0.1) is 0 Å². The zero-order valence-corrected chi connectivity index (χ0v) is 15.6. The van der Waals surface area contributed by atoms with Crippen molar-refractivity contribution in [2.24, 2.45) is 0 Å². The Bertz CT molecular complexity index is 640. The Morgan fingerprint density at radius 2 is 1.50 bits per heavy atom. The summed E-state index contributed by atoms with van der Waals surface area (Å²) in [4.78, 5) is 23.1. The third-order valence-corrected chi connectivity index (χ3v) is 7.57. The van der Waals surface area contributed by atoms with Gasteiger partial charge >= 0.3 is 145 Å². The molecule has 0 bridgehead atoms. The fourth-order valence-corrected chi connectivity index (χ4v) is 5.81. The third kappa shape index (κ3) is 4.04. The van der Waals surface area contributed by atoms with Crippen LogP contribution in [0.15, 0.2) is 54.6 Å². The number of unbranched alkanes of at least 4 members (excludes halogenated alkanes) is 3. The van der Waals surface area contributed by atoms with Crippen LogP contribution < -0.4 is 10.6 Å². The van der Waals surface area contributed by atoms with Gasteiger partial charge in [-0.15, -0.1) is 0 Å². The van der Waals surface area contributed by atoms with E-state index in [9.17, 15) is 9.79 Å². The van der Waals surface area contributed by atoms with Gasteiger partial charge in [0.15, 0.2) is 0 Å². The van der Waals surface area contributed by atoms with E-state index in [0.717, 1.165) is 37.7 Å². The first kappa shape index (κ1) is 19.1. The van der Waals surface area contributed by atoms with E-state index in [1.807, 2.05) is 43.3 Å². The summed E-state index contributed by atoms with van der Waals surface area (Å²) in [5, 5.41) is 0.979. The van der Waals surface area contributed by atoms with Gasteiger partial charge in [-0.05, 0) is 0 Å². The van der Waals surface area contributed by atoms with Crippen molar-refractivity contribution < 1.29 is 14.3 Å². The molecule has 0 saturated carbocycles. The summed E-state index contributed by atoms with van der Waals surface area (Å²) >= 11 is 0. The van der Waals surface area contributed by atoms with Gasteiger partial charge in [0.2, 0.25) is 0 Å². The Kier molecular flexibility index (Phi) is 6.54. The quantitative estimate of drug-likeness (QED) is 0.530. The van der Waals surface area contributed by atoms with Crippen molar-refractivity contribution >= 4 is 17.9 Å². The normalized spacial score (nSPS) is 13.4. The first-order valence-corrected chi connectivity index (χ1v) is 10.9. The Balaban J connectivity index is 2.41. The average molecular weight is 348 g/mol. The van der Waals surface area contributed by atoms with Crippen LogP contribution in [0.5, 0.6) is 0 Å². The number of benzene rings is 2. The summed E-state index contributed by atoms with van der Waals surface area (Å²) in [6, 6.07) is 16.5.